The van der Waals surface area contributed by atoms with Crippen LogP contribution in [0, 0.1) is 10.1 Å². The van der Waals surface area contributed by atoms with Crippen LogP contribution < -0.4 is 0 Å². The van der Waals surface area contributed by atoms with Gasteiger partial charge >= 0.3 is 0 Å². The molecule has 3 rings (SSSR count). The summed E-state index contributed by atoms with van der Waals surface area (Å²) in [6.07, 6.45) is 4.78. The average molecular weight is 460 g/mol. The zero-order valence-electron chi connectivity index (χ0n) is 16.1. The quantitative estimate of drug-likeness (QED) is 0.255. The van der Waals surface area contributed by atoms with E-state index in [9.17, 15) is 23.3 Å². The number of hydrogen-bond donors (Lipinski definition) is 0. The smallest absolute Gasteiger partial charge is 0.289 e. The van der Waals surface area contributed by atoms with Crippen molar-refractivity contribution in [2.24, 2.45) is 0 Å². The molecule has 0 aliphatic carbocycles. The fraction of sp³-hybridized carbons (Fsp3) is 0.611. The van der Waals surface area contributed by atoms with E-state index in [1.807, 2.05) is 21.6 Å². The predicted octanol–water partition coefficient (Wildman–Crippen LogP) is 3.14. The van der Waals surface area contributed by atoms with Crippen molar-refractivity contribution in [1.29, 1.82) is 0 Å². The van der Waals surface area contributed by atoms with Crippen LogP contribution in [-0.4, -0.2) is 65.6 Å². The molecule has 0 spiro atoms. The second-order valence-corrected chi connectivity index (χ2v) is 11.8. The van der Waals surface area contributed by atoms with Gasteiger partial charge in [-0.25, -0.2) is 8.42 Å². The summed E-state index contributed by atoms with van der Waals surface area (Å²) >= 11 is 0. The van der Waals surface area contributed by atoms with Crippen LogP contribution in [0.15, 0.2) is 29.2 Å². The Morgan fingerprint density at radius 1 is 1.17 bits per heavy atom. The lowest BCUT2D eigenvalue weighted by molar-refractivity contribution is -0.387. The molecular weight excluding hydrogens is 434 g/mol. The average Bonchev–Trinajstić information content (AvgIpc) is 3.24. The highest BCUT2D eigenvalue weighted by Crippen LogP contribution is 2.39. The lowest BCUT2D eigenvalue weighted by Crippen LogP contribution is -2.50. The number of unbranched alkanes of at least 4 members (excludes halogenated alkanes) is 1. The van der Waals surface area contributed by atoms with E-state index in [2.05, 4.69) is 0 Å². The van der Waals surface area contributed by atoms with E-state index in [1.54, 1.807) is 4.90 Å². The number of nitro groups is 1. The molecule has 0 N–H and O–H groups in total. The summed E-state index contributed by atoms with van der Waals surface area (Å²) < 4.78 is 26.9. The minimum Gasteiger partial charge on any atom is -0.340 e. The van der Waals surface area contributed by atoms with Gasteiger partial charge in [-0.2, -0.15) is 4.31 Å². The maximum absolute atomic E-state index is 12.8. The Morgan fingerprint density at radius 2 is 1.90 bits per heavy atom. The molecule has 8 nitrogen and oxygen atoms in total. The van der Waals surface area contributed by atoms with Crippen LogP contribution in [0.3, 0.4) is 0 Å². The van der Waals surface area contributed by atoms with Crippen LogP contribution in [0.5, 0.6) is 0 Å². The van der Waals surface area contributed by atoms with Crippen LogP contribution >= 0.6 is 21.6 Å². The highest BCUT2D eigenvalue weighted by Gasteiger charge is 2.34. The van der Waals surface area contributed by atoms with Crippen LogP contribution in [0.2, 0.25) is 0 Å². The summed E-state index contributed by atoms with van der Waals surface area (Å²) in [5.74, 6) is 1.27. The van der Waals surface area contributed by atoms with Crippen molar-refractivity contribution in [3.05, 3.63) is 34.4 Å². The molecule has 1 atom stereocenters. The molecule has 0 radical (unpaired) electrons. The third kappa shape index (κ3) is 5.65. The second kappa shape index (κ2) is 10.1. The number of benzene rings is 1. The Bertz CT molecular complexity index is 835. The number of piperazine rings is 1. The van der Waals surface area contributed by atoms with E-state index in [4.69, 9.17) is 0 Å². The van der Waals surface area contributed by atoms with Gasteiger partial charge in [0.05, 0.1) is 4.92 Å². The summed E-state index contributed by atoms with van der Waals surface area (Å²) in [5, 5.41) is 11.9. The Kier molecular flexibility index (Phi) is 7.83. The van der Waals surface area contributed by atoms with E-state index in [1.165, 1.54) is 40.7 Å². The third-order valence-electron chi connectivity index (χ3n) is 5.17. The zero-order valence-corrected chi connectivity index (χ0v) is 18.5. The fourth-order valence-electron chi connectivity index (χ4n) is 3.51. The Hall–Kier alpha value is -1.30. The number of sulfonamides is 1. The lowest BCUT2D eigenvalue weighted by atomic mass is 10.1. The number of carbonyl (C=O) groups excluding carboxylic acids is 1. The van der Waals surface area contributed by atoms with Crippen molar-refractivity contribution in [3.63, 3.8) is 0 Å². The summed E-state index contributed by atoms with van der Waals surface area (Å²) in [7, 11) is -0.0959. The van der Waals surface area contributed by atoms with Crippen molar-refractivity contribution in [2.45, 2.75) is 42.2 Å². The zero-order chi connectivity index (χ0) is 20.9. The number of hydrogen-bond acceptors (Lipinski definition) is 7. The summed E-state index contributed by atoms with van der Waals surface area (Å²) in [6, 6.07) is 5.36. The molecule has 11 heteroatoms. The summed E-state index contributed by atoms with van der Waals surface area (Å²) in [4.78, 5) is 24.3. The van der Waals surface area contributed by atoms with E-state index < -0.39 is 20.6 Å². The fourth-order valence-corrected chi connectivity index (χ4v) is 8.12. The number of nitro benzene ring substituents is 1. The number of carbonyl (C=O) groups is 1. The minimum absolute atomic E-state index is 0.0567. The van der Waals surface area contributed by atoms with Gasteiger partial charge in [0.15, 0.2) is 4.90 Å². The molecule has 1 aromatic rings. The normalized spacial score (nSPS) is 20.7. The van der Waals surface area contributed by atoms with Crippen LogP contribution in [0.25, 0.3) is 0 Å². The molecule has 160 valence electrons. The molecule has 0 bridgehead atoms. The molecule has 2 heterocycles. The number of nitrogens with zero attached hydrogens (tertiary/aromatic N) is 3. The lowest BCUT2D eigenvalue weighted by Gasteiger charge is -2.34. The molecule has 0 saturated carbocycles. The third-order valence-corrected chi connectivity index (χ3v) is 10.1. The molecule has 0 aromatic heterocycles. The maximum Gasteiger partial charge on any atom is 0.289 e. The molecule has 1 unspecified atom stereocenters. The molecule has 2 saturated heterocycles. The van der Waals surface area contributed by atoms with Gasteiger partial charge in [0.2, 0.25) is 15.9 Å². The Labute approximate surface area is 179 Å². The van der Waals surface area contributed by atoms with Gasteiger partial charge < -0.3 is 4.90 Å². The van der Waals surface area contributed by atoms with Crippen LogP contribution in [0.1, 0.15) is 32.1 Å². The van der Waals surface area contributed by atoms with Gasteiger partial charge in [0.1, 0.15) is 0 Å². The molecule has 29 heavy (non-hydrogen) atoms. The van der Waals surface area contributed by atoms with Gasteiger partial charge in [-0.15, -0.1) is 0 Å². The molecule has 1 amide bonds. The highest BCUT2D eigenvalue weighted by molar-refractivity contribution is 8.77. The molecule has 2 fully saturated rings. The van der Waals surface area contributed by atoms with Crippen molar-refractivity contribution in [1.82, 2.24) is 9.21 Å². The van der Waals surface area contributed by atoms with Gasteiger partial charge in [0, 0.05) is 49.7 Å². The number of rotatable bonds is 8. The largest absolute Gasteiger partial charge is 0.340 e. The first-order valence-corrected chi connectivity index (χ1v) is 13.5. The van der Waals surface area contributed by atoms with Gasteiger partial charge in [-0.1, -0.05) is 40.1 Å². The first-order chi connectivity index (χ1) is 13.9. The van der Waals surface area contributed by atoms with E-state index in [0.717, 1.165) is 19.3 Å². The Balaban J connectivity index is 1.49. The highest BCUT2D eigenvalue weighted by atomic mass is 33.1. The molecular formula is C18H25N3O5S3. The summed E-state index contributed by atoms with van der Waals surface area (Å²) in [5.41, 5.74) is -0.426. The van der Waals surface area contributed by atoms with Crippen LogP contribution in [-0.2, 0) is 14.8 Å². The molecule has 2 aliphatic rings. The van der Waals surface area contributed by atoms with E-state index in [-0.39, 0.29) is 23.9 Å². The SMILES string of the molecule is O=C(CCCCC1CCSS1)N1CCN(S(=O)(=O)c2ccccc2[N+](=O)[O-])CC1. The Morgan fingerprint density at radius 3 is 2.55 bits per heavy atom. The second-order valence-electron chi connectivity index (χ2n) is 7.08. The molecule has 2 aliphatic heterocycles. The first-order valence-electron chi connectivity index (χ1n) is 9.69. The number of para-hydroxylation sites is 1. The van der Waals surface area contributed by atoms with Gasteiger partial charge in [0.25, 0.3) is 5.69 Å². The van der Waals surface area contributed by atoms with Crippen molar-refractivity contribution in [3.8, 4) is 0 Å². The predicted molar refractivity (Wildman–Crippen MR) is 115 cm³/mol. The van der Waals surface area contributed by atoms with Crippen molar-refractivity contribution in [2.75, 3.05) is 31.9 Å². The monoisotopic (exact) mass is 459 g/mol. The minimum atomic E-state index is -3.97. The maximum atomic E-state index is 12.8. The number of amides is 1. The van der Waals surface area contributed by atoms with Crippen molar-refractivity contribution >= 4 is 43.2 Å². The van der Waals surface area contributed by atoms with Crippen LogP contribution in [0.4, 0.5) is 5.69 Å². The van der Waals surface area contributed by atoms with Gasteiger partial charge in [-0.3, -0.25) is 14.9 Å². The first kappa shape index (κ1) is 22.4. The van der Waals surface area contributed by atoms with E-state index in [0.29, 0.717) is 24.8 Å². The topological polar surface area (TPSA) is 101 Å². The van der Waals surface area contributed by atoms with Gasteiger partial charge in [-0.05, 0) is 25.3 Å². The van der Waals surface area contributed by atoms with Crippen molar-refractivity contribution < 1.29 is 18.1 Å². The van der Waals surface area contributed by atoms with E-state index >= 15 is 0 Å². The molecule has 1 aromatic carbocycles. The summed E-state index contributed by atoms with van der Waals surface area (Å²) in [6.45, 7) is 0.924. The standard InChI is InChI=1S/C18H25N3O5S3/c22-18(8-4-1-5-15-9-14-27-28-15)19-10-12-20(13-11-19)29(25,26)17-7-3-2-6-16(17)21(23)24/h2-3,6-7,15H,1,4-5,8-14H2.